The Morgan fingerprint density at radius 2 is 2.00 bits per heavy atom. The Hall–Kier alpha value is -1.57. The lowest BCUT2D eigenvalue weighted by atomic mass is 9.93. The van der Waals surface area contributed by atoms with Crippen molar-refractivity contribution in [3.8, 4) is 0 Å². The van der Waals surface area contributed by atoms with Crippen LogP contribution in [0.25, 0.3) is 0 Å². The fraction of sp³-hybridized carbons (Fsp3) is 0.438. The first-order chi connectivity index (χ1) is 8.36. The number of anilines is 1. The van der Waals surface area contributed by atoms with Crippen LogP contribution < -0.4 is 5.32 Å². The number of rotatable bonds is 4. The van der Waals surface area contributed by atoms with Crippen LogP contribution in [0.4, 0.5) is 5.69 Å². The fourth-order valence-electron chi connectivity index (χ4n) is 1.73. The lowest BCUT2D eigenvalue weighted by Crippen LogP contribution is -2.28. The first-order valence-electron chi connectivity index (χ1n) is 6.37. The molecule has 1 atom stereocenters. The number of amides is 1. The standard InChI is InChI=1S/C16H23NO/c1-6-9-12(2)13-10-7-8-11-14(13)17-15(18)16(3,4)5/h6-8,10-12H,1,9H2,2-5H3,(H,17,18). The maximum Gasteiger partial charge on any atom is 0.229 e. The number of allylic oxidation sites excluding steroid dienone is 1. The number of para-hydroxylation sites is 1. The van der Waals surface area contributed by atoms with E-state index in [0.717, 1.165) is 17.7 Å². The molecule has 0 fully saturated rings. The molecule has 0 aliphatic carbocycles. The molecule has 0 spiro atoms. The molecule has 1 N–H and O–H groups in total. The number of carbonyl (C=O) groups is 1. The maximum atomic E-state index is 12.0. The summed E-state index contributed by atoms with van der Waals surface area (Å²) in [6.07, 6.45) is 2.81. The fourth-order valence-corrected chi connectivity index (χ4v) is 1.73. The Bertz CT molecular complexity index is 429. The Labute approximate surface area is 110 Å². The Morgan fingerprint density at radius 3 is 2.56 bits per heavy atom. The summed E-state index contributed by atoms with van der Waals surface area (Å²) in [5, 5.41) is 3.02. The second kappa shape index (κ2) is 5.85. The molecule has 0 aliphatic rings. The van der Waals surface area contributed by atoms with Crippen LogP contribution in [0.1, 0.15) is 45.6 Å². The highest BCUT2D eigenvalue weighted by atomic mass is 16.2. The highest BCUT2D eigenvalue weighted by Crippen LogP contribution is 2.28. The molecule has 0 heterocycles. The Morgan fingerprint density at radius 1 is 1.39 bits per heavy atom. The molecule has 0 bridgehead atoms. The van der Waals surface area contributed by atoms with Crippen LogP contribution in [0.3, 0.4) is 0 Å². The molecule has 1 amide bonds. The normalized spacial score (nSPS) is 12.9. The molecule has 0 saturated heterocycles. The SMILES string of the molecule is C=CCC(C)c1ccccc1NC(=O)C(C)(C)C. The van der Waals surface area contributed by atoms with Gasteiger partial charge in [-0.1, -0.05) is 52.0 Å². The van der Waals surface area contributed by atoms with Crippen molar-refractivity contribution >= 4 is 11.6 Å². The minimum absolute atomic E-state index is 0.0424. The molecule has 0 radical (unpaired) electrons. The molecule has 0 aliphatic heterocycles. The number of hydrogen-bond donors (Lipinski definition) is 1. The van der Waals surface area contributed by atoms with E-state index in [-0.39, 0.29) is 11.3 Å². The Kier molecular flexibility index (Phi) is 4.71. The van der Waals surface area contributed by atoms with Gasteiger partial charge in [-0.2, -0.15) is 0 Å². The second-order valence-corrected chi connectivity index (χ2v) is 5.72. The molecule has 98 valence electrons. The predicted molar refractivity (Wildman–Crippen MR) is 77.8 cm³/mol. The largest absolute Gasteiger partial charge is 0.325 e. The highest BCUT2D eigenvalue weighted by molar-refractivity contribution is 5.95. The van der Waals surface area contributed by atoms with Crippen molar-refractivity contribution in [1.29, 1.82) is 0 Å². The zero-order valence-corrected chi connectivity index (χ0v) is 11.8. The van der Waals surface area contributed by atoms with Gasteiger partial charge < -0.3 is 5.32 Å². The molecule has 2 heteroatoms. The van der Waals surface area contributed by atoms with E-state index in [4.69, 9.17) is 0 Å². The number of benzene rings is 1. The van der Waals surface area contributed by atoms with Crippen molar-refractivity contribution in [3.05, 3.63) is 42.5 Å². The van der Waals surface area contributed by atoms with Gasteiger partial charge in [-0.15, -0.1) is 6.58 Å². The average Bonchev–Trinajstić information content (AvgIpc) is 2.28. The topological polar surface area (TPSA) is 29.1 Å². The summed E-state index contributed by atoms with van der Waals surface area (Å²) >= 11 is 0. The van der Waals surface area contributed by atoms with Crippen LogP contribution >= 0.6 is 0 Å². The summed E-state index contributed by atoms with van der Waals surface area (Å²) in [4.78, 5) is 12.0. The third kappa shape index (κ3) is 3.73. The second-order valence-electron chi connectivity index (χ2n) is 5.72. The van der Waals surface area contributed by atoms with Gasteiger partial charge in [-0.3, -0.25) is 4.79 Å². The summed E-state index contributed by atoms with van der Waals surface area (Å²) in [6.45, 7) is 11.7. The monoisotopic (exact) mass is 245 g/mol. The van der Waals surface area contributed by atoms with Gasteiger partial charge in [0.25, 0.3) is 0 Å². The Balaban J connectivity index is 2.96. The third-order valence-electron chi connectivity index (χ3n) is 2.94. The van der Waals surface area contributed by atoms with Crippen molar-refractivity contribution < 1.29 is 4.79 Å². The first-order valence-corrected chi connectivity index (χ1v) is 6.37. The smallest absolute Gasteiger partial charge is 0.229 e. The summed E-state index contributed by atoms with van der Waals surface area (Å²) in [6, 6.07) is 7.97. The van der Waals surface area contributed by atoms with Gasteiger partial charge in [0.2, 0.25) is 5.91 Å². The summed E-state index contributed by atoms with van der Waals surface area (Å²) < 4.78 is 0. The van der Waals surface area contributed by atoms with E-state index >= 15 is 0 Å². The van der Waals surface area contributed by atoms with Crippen LogP contribution in [-0.2, 0) is 4.79 Å². The van der Waals surface area contributed by atoms with Crippen molar-refractivity contribution in [1.82, 2.24) is 0 Å². The van der Waals surface area contributed by atoms with Crippen molar-refractivity contribution in [2.24, 2.45) is 5.41 Å². The van der Waals surface area contributed by atoms with Gasteiger partial charge in [0.1, 0.15) is 0 Å². The van der Waals surface area contributed by atoms with E-state index in [1.54, 1.807) is 0 Å². The third-order valence-corrected chi connectivity index (χ3v) is 2.94. The first kappa shape index (κ1) is 14.5. The van der Waals surface area contributed by atoms with Crippen LogP contribution in [0.15, 0.2) is 36.9 Å². The molecular weight excluding hydrogens is 222 g/mol. The van der Waals surface area contributed by atoms with E-state index in [0.29, 0.717) is 5.92 Å². The predicted octanol–water partition coefficient (Wildman–Crippen LogP) is 4.35. The van der Waals surface area contributed by atoms with E-state index in [2.05, 4.69) is 24.9 Å². The van der Waals surface area contributed by atoms with E-state index in [1.165, 1.54) is 0 Å². The molecule has 1 aromatic carbocycles. The van der Waals surface area contributed by atoms with Crippen LogP contribution in [0, 0.1) is 5.41 Å². The lowest BCUT2D eigenvalue weighted by Gasteiger charge is -2.21. The summed E-state index contributed by atoms with van der Waals surface area (Å²) in [7, 11) is 0. The number of nitrogens with one attached hydrogen (secondary N) is 1. The van der Waals surface area contributed by atoms with Gasteiger partial charge in [0.15, 0.2) is 0 Å². The van der Waals surface area contributed by atoms with Crippen LogP contribution in [-0.4, -0.2) is 5.91 Å². The zero-order valence-electron chi connectivity index (χ0n) is 11.8. The molecule has 1 rings (SSSR count). The molecule has 1 aromatic rings. The summed E-state index contributed by atoms with van der Waals surface area (Å²) in [5.74, 6) is 0.403. The number of carbonyl (C=O) groups excluding carboxylic acids is 1. The zero-order chi connectivity index (χ0) is 13.8. The molecule has 2 nitrogen and oxygen atoms in total. The van der Waals surface area contributed by atoms with Gasteiger partial charge in [0, 0.05) is 11.1 Å². The molecule has 1 unspecified atom stereocenters. The van der Waals surface area contributed by atoms with Gasteiger partial charge in [-0.25, -0.2) is 0 Å². The molecule has 18 heavy (non-hydrogen) atoms. The van der Waals surface area contributed by atoms with Crippen LogP contribution in [0.2, 0.25) is 0 Å². The van der Waals surface area contributed by atoms with Crippen LogP contribution in [0.5, 0.6) is 0 Å². The highest BCUT2D eigenvalue weighted by Gasteiger charge is 2.22. The average molecular weight is 245 g/mol. The molecular formula is C16H23NO. The van der Waals surface area contributed by atoms with Gasteiger partial charge in [0.05, 0.1) is 0 Å². The summed E-state index contributed by atoms with van der Waals surface area (Å²) in [5.41, 5.74) is 1.69. The minimum Gasteiger partial charge on any atom is -0.325 e. The van der Waals surface area contributed by atoms with Crippen molar-refractivity contribution in [2.75, 3.05) is 5.32 Å². The quantitative estimate of drug-likeness (QED) is 0.785. The molecule has 0 saturated carbocycles. The van der Waals surface area contributed by atoms with Gasteiger partial charge >= 0.3 is 0 Å². The van der Waals surface area contributed by atoms with Crippen molar-refractivity contribution in [2.45, 2.75) is 40.0 Å². The van der Waals surface area contributed by atoms with Gasteiger partial charge in [-0.05, 0) is 24.0 Å². The van der Waals surface area contributed by atoms with E-state index < -0.39 is 0 Å². The number of hydrogen-bond acceptors (Lipinski definition) is 1. The van der Waals surface area contributed by atoms with Crippen molar-refractivity contribution in [3.63, 3.8) is 0 Å². The van der Waals surface area contributed by atoms with E-state index in [1.807, 2.05) is 45.0 Å². The lowest BCUT2D eigenvalue weighted by molar-refractivity contribution is -0.123. The maximum absolute atomic E-state index is 12.0. The molecule has 0 aromatic heterocycles. The minimum atomic E-state index is -0.380. The van der Waals surface area contributed by atoms with E-state index in [9.17, 15) is 4.79 Å².